The highest BCUT2D eigenvalue weighted by Crippen LogP contribution is 2.19. The van der Waals surface area contributed by atoms with Crippen molar-refractivity contribution in [2.45, 2.75) is 0 Å². The van der Waals surface area contributed by atoms with E-state index in [0.29, 0.717) is 0 Å². The van der Waals surface area contributed by atoms with Crippen LogP contribution in [0.3, 0.4) is 0 Å². The molecular formula is C14H10FN7O2. The molecule has 0 aliphatic heterocycles. The minimum absolute atomic E-state index is 0.0265. The van der Waals surface area contributed by atoms with Gasteiger partial charge in [0.2, 0.25) is 5.49 Å². The van der Waals surface area contributed by atoms with Crippen molar-refractivity contribution >= 4 is 16.6 Å². The molecule has 9 nitrogen and oxygen atoms in total. The van der Waals surface area contributed by atoms with Gasteiger partial charge >= 0.3 is 5.63 Å². The Morgan fingerprint density at radius 1 is 1.38 bits per heavy atom. The Hall–Kier alpha value is -3.87. The summed E-state index contributed by atoms with van der Waals surface area (Å²) >= 11 is 0. The smallest absolute Gasteiger partial charge is 0.347 e. The summed E-state index contributed by atoms with van der Waals surface area (Å²) in [6.07, 6.45) is 5.21. The van der Waals surface area contributed by atoms with Gasteiger partial charge in [-0.2, -0.15) is 9.89 Å². The zero-order chi connectivity index (χ0) is 17.4. The Morgan fingerprint density at radius 2 is 2.12 bits per heavy atom. The number of benzene rings is 1. The van der Waals surface area contributed by atoms with Crippen LogP contribution >= 0.6 is 0 Å². The van der Waals surface area contributed by atoms with Gasteiger partial charge in [0, 0.05) is 0 Å². The monoisotopic (exact) mass is 327 g/mol. The average Bonchev–Trinajstić information content (AvgIpc) is 2.54. The topological polar surface area (TPSA) is 151 Å². The Kier molecular flexibility index (Phi) is 3.38. The molecule has 24 heavy (non-hydrogen) atoms. The van der Waals surface area contributed by atoms with Crippen LogP contribution in [-0.4, -0.2) is 14.9 Å². The minimum atomic E-state index is -0.811. The van der Waals surface area contributed by atoms with E-state index in [1.54, 1.807) is 0 Å². The number of fused-ring (bicyclic) bond motifs is 1. The Morgan fingerprint density at radius 3 is 2.75 bits per heavy atom. The molecule has 0 spiro atoms. The number of terminal acetylenes is 1. The van der Waals surface area contributed by atoms with E-state index in [9.17, 15) is 9.18 Å². The number of aromatic nitrogens is 3. The van der Waals surface area contributed by atoms with E-state index in [2.05, 4.69) is 21.1 Å². The highest BCUT2D eigenvalue weighted by atomic mass is 19.1. The molecule has 0 radical (unpaired) electrons. The van der Waals surface area contributed by atoms with Gasteiger partial charge in [0.15, 0.2) is 5.69 Å². The number of hydrogen-bond acceptors (Lipinski definition) is 8. The molecule has 0 aliphatic rings. The van der Waals surface area contributed by atoms with Crippen molar-refractivity contribution in [3.8, 4) is 23.9 Å². The molecule has 2 aromatic heterocycles. The summed E-state index contributed by atoms with van der Waals surface area (Å²) in [5.74, 6) is 12.0. The fourth-order valence-electron chi connectivity index (χ4n) is 2.09. The molecule has 0 aliphatic carbocycles. The third kappa shape index (κ3) is 2.30. The number of anilines is 1. The van der Waals surface area contributed by atoms with Crippen molar-refractivity contribution in [2.75, 3.05) is 11.6 Å². The third-order valence-corrected chi connectivity index (χ3v) is 3.20. The van der Waals surface area contributed by atoms with Crippen molar-refractivity contribution in [1.29, 1.82) is 0 Å². The predicted octanol–water partition coefficient (Wildman–Crippen LogP) is -0.758. The Labute approximate surface area is 133 Å². The van der Waals surface area contributed by atoms with Crippen LogP contribution in [0.25, 0.3) is 22.5 Å². The van der Waals surface area contributed by atoms with E-state index in [1.807, 2.05) is 0 Å². The first kappa shape index (κ1) is 15.0. The number of rotatable bonds is 1. The zero-order valence-electron chi connectivity index (χ0n) is 12.0. The van der Waals surface area contributed by atoms with E-state index in [-0.39, 0.29) is 39.2 Å². The second-order valence-electron chi connectivity index (χ2n) is 4.68. The van der Waals surface area contributed by atoms with Crippen LogP contribution in [0.5, 0.6) is 0 Å². The number of halogens is 1. The maximum atomic E-state index is 13.7. The van der Waals surface area contributed by atoms with Gasteiger partial charge in [-0.1, -0.05) is 5.92 Å². The van der Waals surface area contributed by atoms with Gasteiger partial charge in [0.05, 0.1) is 22.2 Å². The van der Waals surface area contributed by atoms with Gasteiger partial charge in [0.1, 0.15) is 5.82 Å². The molecular weight excluding hydrogens is 317 g/mol. The van der Waals surface area contributed by atoms with Gasteiger partial charge in [-0.3, -0.25) is 0 Å². The number of nitrogens with zero attached hydrogens (tertiary/aromatic N) is 4. The fourth-order valence-corrected chi connectivity index (χ4v) is 2.09. The molecule has 3 aromatic rings. The van der Waals surface area contributed by atoms with Gasteiger partial charge in [-0.15, -0.1) is 11.5 Å². The third-order valence-electron chi connectivity index (χ3n) is 3.20. The highest BCUT2D eigenvalue weighted by Gasteiger charge is 2.14. The predicted molar refractivity (Wildman–Crippen MR) is 83.7 cm³/mol. The molecule has 10 heteroatoms. The summed E-state index contributed by atoms with van der Waals surface area (Å²) < 4.78 is 18.7. The zero-order valence-corrected chi connectivity index (χ0v) is 12.0. The maximum absolute atomic E-state index is 13.7. The summed E-state index contributed by atoms with van der Waals surface area (Å²) in [6, 6.07) is 3.56. The van der Waals surface area contributed by atoms with Gasteiger partial charge < -0.3 is 21.8 Å². The molecule has 0 unspecified atom stereocenters. The molecule has 6 N–H and O–H groups in total. The molecule has 2 heterocycles. The lowest BCUT2D eigenvalue weighted by Gasteiger charge is -2.06. The van der Waals surface area contributed by atoms with E-state index >= 15 is 0 Å². The van der Waals surface area contributed by atoms with E-state index in [1.165, 1.54) is 12.1 Å². The molecule has 0 fully saturated rings. The number of nitrogen functional groups attached to an aromatic ring is 2. The van der Waals surface area contributed by atoms with Crippen molar-refractivity contribution in [3.63, 3.8) is 0 Å². The van der Waals surface area contributed by atoms with Crippen molar-refractivity contribution < 1.29 is 8.81 Å². The first-order valence-corrected chi connectivity index (χ1v) is 6.45. The molecule has 0 bridgehead atoms. The minimum Gasteiger partial charge on any atom is -0.401 e. The molecule has 0 atom stereocenters. The molecule has 120 valence electrons. The highest BCUT2D eigenvalue weighted by molar-refractivity contribution is 5.80. The van der Waals surface area contributed by atoms with E-state index in [0.717, 1.165) is 10.9 Å². The summed E-state index contributed by atoms with van der Waals surface area (Å²) in [4.78, 5) is 17.0. The van der Waals surface area contributed by atoms with Crippen LogP contribution in [0.1, 0.15) is 5.56 Å². The van der Waals surface area contributed by atoms with Gasteiger partial charge in [0.25, 0.3) is 5.89 Å². The van der Waals surface area contributed by atoms with Crippen molar-refractivity contribution in [2.24, 2.45) is 10.9 Å². The normalized spacial score (nSPS) is 11.6. The van der Waals surface area contributed by atoms with Gasteiger partial charge in [-0.05, 0) is 18.2 Å². The standard InChI is InChI=1S/C14H10FN7O2/c1-2-6-3-10-7(4-8(6)15)14(23)24-13(19-10)11-5-9(16)12(20-17)22(18)21-11/h1,3-5H,16-18H2/b20-12-. The SMILES string of the molecule is C#Cc1cc2nc(-c3cc(N)/c(=N/N)n(N)n3)oc(=O)c2cc1F. The summed E-state index contributed by atoms with van der Waals surface area (Å²) in [7, 11) is 0. The van der Waals surface area contributed by atoms with Crippen molar-refractivity contribution in [3.05, 3.63) is 45.5 Å². The number of hydrogen-bond donors (Lipinski definition) is 3. The quantitative estimate of drug-likeness (QED) is 0.302. The molecule has 0 amide bonds. The van der Waals surface area contributed by atoms with Crippen LogP contribution in [0.4, 0.5) is 10.1 Å². The maximum Gasteiger partial charge on any atom is 0.347 e. The van der Waals surface area contributed by atoms with E-state index in [4.69, 9.17) is 28.3 Å². The average molecular weight is 327 g/mol. The van der Waals surface area contributed by atoms with Crippen LogP contribution in [0.2, 0.25) is 0 Å². The second kappa shape index (κ2) is 5.40. The lowest BCUT2D eigenvalue weighted by Crippen LogP contribution is -2.34. The summed E-state index contributed by atoms with van der Waals surface area (Å²) in [5, 5.41) is 7.23. The van der Waals surface area contributed by atoms with E-state index < -0.39 is 11.4 Å². The summed E-state index contributed by atoms with van der Waals surface area (Å²) in [6.45, 7) is 0. The molecule has 3 rings (SSSR count). The number of nitrogens with two attached hydrogens (primary N) is 3. The molecule has 1 aromatic carbocycles. The molecule has 0 saturated carbocycles. The van der Waals surface area contributed by atoms with Crippen LogP contribution in [0, 0.1) is 18.2 Å². The lowest BCUT2D eigenvalue weighted by molar-refractivity contribution is 0.512. The molecule has 0 saturated heterocycles. The second-order valence-corrected chi connectivity index (χ2v) is 4.68. The Balaban J connectivity index is 2.31. The van der Waals surface area contributed by atoms with Crippen molar-refractivity contribution in [1.82, 2.24) is 14.9 Å². The van der Waals surface area contributed by atoms with Gasteiger partial charge in [-0.25, -0.2) is 14.2 Å². The van der Waals surface area contributed by atoms with Crippen LogP contribution in [0.15, 0.2) is 32.5 Å². The first-order chi connectivity index (χ1) is 11.4. The summed E-state index contributed by atoms with van der Waals surface area (Å²) in [5.41, 5.74) is 5.23. The largest absolute Gasteiger partial charge is 0.401 e. The van der Waals surface area contributed by atoms with Crippen LogP contribution < -0.4 is 28.5 Å². The lowest BCUT2D eigenvalue weighted by atomic mass is 10.1. The first-order valence-electron chi connectivity index (χ1n) is 6.45. The van der Waals surface area contributed by atoms with Crippen LogP contribution in [-0.2, 0) is 0 Å². The fraction of sp³-hybridized carbons (Fsp3) is 0. The Bertz CT molecular complexity index is 1110.